The van der Waals surface area contributed by atoms with Gasteiger partial charge in [0, 0.05) is 12.7 Å². The van der Waals surface area contributed by atoms with E-state index in [9.17, 15) is 0 Å². The average Bonchev–Trinajstić information content (AvgIpc) is 2.12. The number of hydrogen-bond acceptors (Lipinski definition) is 3. The second kappa shape index (κ2) is 5.60. The van der Waals surface area contributed by atoms with Crippen LogP contribution >= 0.6 is 0 Å². The molecule has 0 radical (unpaired) electrons. The van der Waals surface area contributed by atoms with E-state index in [-0.39, 0.29) is 0 Å². The van der Waals surface area contributed by atoms with Gasteiger partial charge in [-0.25, -0.2) is 4.98 Å². The van der Waals surface area contributed by atoms with Crippen LogP contribution in [0.2, 0.25) is 0 Å². The van der Waals surface area contributed by atoms with Gasteiger partial charge < -0.3 is 10.1 Å². The quantitative estimate of drug-likeness (QED) is 0.730. The lowest BCUT2D eigenvalue weighted by Crippen LogP contribution is -2.13. The monoisotopic (exact) mass is 194 g/mol. The minimum atomic E-state index is 0.294. The van der Waals surface area contributed by atoms with Gasteiger partial charge in [-0.1, -0.05) is 0 Å². The number of nitrogens with one attached hydrogen (secondary N) is 1. The molecule has 0 aliphatic carbocycles. The van der Waals surface area contributed by atoms with Gasteiger partial charge in [-0.05, 0) is 38.5 Å². The third-order valence-corrected chi connectivity index (χ3v) is 1.77. The fourth-order valence-corrected chi connectivity index (χ4v) is 1.11. The molecule has 0 aliphatic heterocycles. The smallest absolute Gasteiger partial charge is 0.126 e. The van der Waals surface area contributed by atoms with Gasteiger partial charge in [-0.2, -0.15) is 0 Å². The van der Waals surface area contributed by atoms with Crippen molar-refractivity contribution >= 4 is 5.82 Å². The van der Waals surface area contributed by atoms with Crippen LogP contribution < -0.4 is 5.32 Å². The van der Waals surface area contributed by atoms with Gasteiger partial charge in [0.25, 0.3) is 0 Å². The topological polar surface area (TPSA) is 34.2 Å². The summed E-state index contributed by atoms with van der Waals surface area (Å²) >= 11 is 0. The molecule has 1 aromatic heterocycles. The Morgan fingerprint density at radius 1 is 1.50 bits per heavy atom. The van der Waals surface area contributed by atoms with Gasteiger partial charge in [0.1, 0.15) is 5.82 Å². The number of rotatable bonds is 5. The van der Waals surface area contributed by atoms with Crippen molar-refractivity contribution in [2.45, 2.75) is 26.9 Å². The highest BCUT2D eigenvalue weighted by Gasteiger charge is 1.94. The van der Waals surface area contributed by atoms with Crippen LogP contribution in [0.15, 0.2) is 18.3 Å². The molecule has 0 atom stereocenters. The first-order valence-corrected chi connectivity index (χ1v) is 4.96. The third kappa shape index (κ3) is 4.23. The van der Waals surface area contributed by atoms with Crippen molar-refractivity contribution in [1.82, 2.24) is 4.98 Å². The summed E-state index contributed by atoms with van der Waals surface area (Å²) in [6, 6.07) is 4.01. The zero-order valence-corrected chi connectivity index (χ0v) is 9.08. The lowest BCUT2D eigenvalue weighted by molar-refractivity contribution is 0.0870. The number of aryl methyl sites for hydroxylation is 1. The summed E-state index contributed by atoms with van der Waals surface area (Å²) < 4.78 is 5.40. The molecule has 0 saturated heterocycles. The van der Waals surface area contributed by atoms with Gasteiger partial charge in [-0.15, -0.1) is 0 Å². The van der Waals surface area contributed by atoms with Crippen molar-refractivity contribution in [2.24, 2.45) is 0 Å². The molecule has 0 unspecified atom stereocenters. The molecule has 0 spiro atoms. The highest BCUT2D eigenvalue weighted by Crippen LogP contribution is 2.04. The summed E-state index contributed by atoms with van der Waals surface area (Å²) in [6.45, 7) is 7.63. The Balaban J connectivity index is 2.25. The second-order valence-electron chi connectivity index (χ2n) is 3.56. The molecule has 1 heterocycles. The second-order valence-corrected chi connectivity index (χ2v) is 3.56. The molecule has 14 heavy (non-hydrogen) atoms. The highest BCUT2D eigenvalue weighted by molar-refractivity contribution is 5.36. The molecule has 0 fully saturated rings. The van der Waals surface area contributed by atoms with Crippen molar-refractivity contribution in [3.8, 4) is 0 Å². The van der Waals surface area contributed by atoms with E-state index in [4.69, 9.17) is 4.74 Å². The zero-order chi connectivity index (χ0) is 10.4. The molecule has 0 amide bonds. The summed E-state index contributed by atoms with van der Waals surface area (Å²) in [5, 5.41) is 3.20. The normalized spacial score (nSPS) is 10.6. The summed E-state index contributed by atoms with van der Waals surface area (Å²) in [5.74, 6) is 0.914. The van der Waals surface area contributed by atoms with Gasteiger partial charge in [0.05, 0.1) is 12.7 Å². The van der Waals surface area contributed by atoms with Crippen LogP contribution in [0.3, 0.4) is 0 Å². The third-order valence-electron chi connectivity index (χ3n) is 1.77. The Labute approximate surface area is 85.5 Å². The molecule has 3 heteroatoms. The molecule has 78 valence electrons. The largest absolute Gasteiger partial charge is 0.377 e. The van der Waals surface area contributed by atoms with Crippen molar-refractivity contribution in [2.75, 3.05) is 18.5 Å². The summed E-state index contributed by atoms with van der Waals surface area (Å²) in [5.41, 5.74) is 1.22. The maximum absolute atomic E-state index is 5.40. The van der Waals surface area contributed by atoms with E-state index in [1.165, 1.54) is 5.56 Å². The molecule has 0 aliphatic rings. The Morgan fingerprint density at radius 2 is 2.29 bits per heavy atom. The first kappa shape index (κ1) is 11.0. The van der Waals surface area contributed by atoms with Gasteiger partial charge in [0.15, 0.2) is 0 Å². The number of aromatic nitrogens is 1. The molecule has 1 rings (SSSR count). The lowest BCUT2D eigenvalue weighted by Gasteiger charge is -2.09. The van der Waals surface area contributed by atoms with E-state index in [1.54, 1.807) is 6.20 Å². The van der Waals surface area contributed by atoms with Crippen LogP contribution in [0.25, 0.3) is 0 Å². The van der Waals surface area contributed by atoms with Gasteiger partial charge in [-0.3, -0.25) is 0 Å². The number of ether oxygens (including phenoxy) is 1. The standard InChI is InChI=1S/C11H18N2O/c1-9(2)14-7-6-13-11-8-10(3)4-5-12-11/h4-5,8-9H,6-7H2,1-3H3,(H,12,13). The summed E-state index contributed by atoms with van der Waals surface area (Å²) in [7, 11) is 0. The van der Waals surface area contributed by atoms with Crippen molar-refractivity contribution < 1.29 is 4.74 Å². The fourth-order valence-electron chi connectivity index (χ4n) is 1.11. The molecular formula is C11H18N2O. The predicted molar refractivity (Wildman–Crippen MR) is 58.6 cm³/mol. The van der Waals surface area contributed by atoms with E-state index in [1.807, 2.05) is 26.0 Å². The predicted octanol–water partition coefficient (Wildman–Crippen LogP) is 2.23. The van der Waals surface area contributed by atoms with Crippen LogP contribution in [0.1, 0.15) is 19.4 Å². The Hall–Kier alpha value is -1.09. The average molecular weight is 194 g/mol. The first-order chi connectivity index (χ1) is 6.68. The van der Waals surface area contributed by atoms with Crippen molar-refractivity contribution in [3.05, 3.63) is 23.9 Å². The van der Waals surface area contributed by atoms with Gasteiger partial charge >= 0.3 is 0 Å². The Bertz CT molecular complexity index is 274. The Morgan fingerprint density at radius 3 is 2.93 bits per heavy atom. The van der Waals surface area contributed by atoms with Gasteiger partial charge in [0.2, 0.25) is 0 Å². The molecule has 1 aromatic rings. The zero-order valence-electron chi connectivity index (χ0n) is 9.08. The highest BCUT2D eigenvalue weighted by atomic mass is 16.5. The van der Waals surface area contributed by atoms with Crippen molar-refractivity contribution in [1.29, 1.82) is 0 Å². The van der Waals surface area contributed by atoms with Crippen LogP contribution in [-0.2, 0) is 4.74 Å². The van der Waals surface area contributed by atoms with E-state index in [2.05, 4.69) is 17.2 Å². The number of hydrogen-bond donors (Lipinski definition) is 1. The van der Waals surface area contributed by atoms with Crippen LogP contribution in [0.5, 0.6) is 0 Å². The SMILES string of the molecule is Cc1ccnc(NCCOC(C)C)c1. The van der Waals surface area contributed by atoms with E-state index >= 15 is 0 Å². The Kier molecular flexibility index (Phi) is 4.40. The van der Waals surface area contributed by atoms with Crippen LogP contribution in [-0.4, -0.2) is 24.2 Å². The molecular weight excluding hydrogens is 176 g/mol. The van der Waals surface area contributed by atoms with E-state index < -0.39 is 0 Å². The lowest BCUT2D eigenvalue weighted by atomic mass is 10.3. The van der Waals surface area contributed by atoms with Crippen LogP contribution in [0, 0.1) is 6.92 Å². The minimum absolute atomic E-state index is 0.294. The van der Waals surface area contributed by atoms with Crippen LogP contribution in [0.4, 0.5) is 5.82 Å². The van der Waals surface area contributed by atoms with E-state index in [0.29, 0.717) is 12.7 Å². The molecule has 0 bridgehead atoms. The molecule has 3 nitrogen and oxygen atoms in total. The summed E-state index contributed by atoms with van der Waals surface area (Å²) in [4.78, 5) is 4.19. The number of nitrogens with zero attached hydrogens (tertiary/aromatic N) is 1. The molecule has 0 saturated carbocycles. The van der Waals surface area contributed by atoms with E-state index in [0.717, 1.165) is 12.4 Å². The first-order valence-electron chi connectivity index (χ1n) is 4.96. The number of pyridine rings is 1. The molecule has 1 N–H and O–H groups in total. The fraction of sp³-hybridized carbons (Fsp3) is 0.545. The molecule has 0 aromatic carbocycles. The minimum Gasteiger partial charge on any atom is -0.377 e. The maximum atomic E-state index is 5.40. The van der Waals surface area contributed by atoms with Crippen molar-refractivity contribution in [3.63, 3.8) is 0 Å². The maximum Gasteiger partial charge on any atom is 0.126 e. The number of anilines is 1. The summed E-state index contributed by atoms with van der Waals surface area (Å²) in [6.07, 6.45) is 2.10.